The Labute approximate surface area is 156 Å². The van der Waals surface area contributed by atoms with E-state index in [0.717, 1.165) is 6.42 Å². The van der Waals surface area contributed by atoms with Crippen molar-refractivity contribution in [2.24, 2.45) is 11.8 Å². The molecule has 0 unspecified atom stereocenters. The number of hydrogen-bond acceptors (Lipinski definition) is 5. The van der Waals surface area contributed by atoms with Crippen molar-refractivity contribution in [3.05, 3.63) is 24.3 Å². The van der Waals surface area contributed by atoms with Gasteiger partial charge in [-0.15, -0.1) is 0 Å². The Morgan fingerprint density at radius 2 is 1.23 bits per heavy atom. The number of nitrogens with zero attached hydrogens (tertiary/aromatic N) is 2. The Morgan fingerprint density at radius 1 is 0.808 bits per heavy atom. The van der Waals surface area contributed by atoms with Crippen molar-refractivity contribution in [1.29, 1.82) is 0 Å². The molecule has 2 atom stereocenters. The van der Waals surface area contributed by atoms with Crippen molar-refractivity contribution in [3.63, 3.8) is 0 Å². The molecule has 2 fully saturated rings. The number of sulfonamides is 2. The molecule has 0 saturated carbocycles. The number of rotatable bonds is 4. The summed E-state index contributed by atoms with van der Waals surface area (Å²) in [5.41, 5.74) is 0. The SMILES string of the molecule is C[C@H]1C[C@H](C)CN(S(=O)(=O)c2ccc(S(=O)(=O)N3CCOCC3)cc2)C1. The highest BCUT2D eigenvalue weighted by Gasteiger charge is 2.32. The molecule has 2 aliphatic rings. The highest BCUT2D eigenvalue weighted by molar-refractivity contribution is 7.89. The summed E-state index contributed by atoms with van der Waals surface area (Å²) < 4.78 is 59.1. The molecular weight excluding hydrogens is 376 g/mol. The Morgan fingerprint density at radius 3 is 1.69 bits per heavy atom. The predicted molar refractivity (Wildman–Crippen MR) is 97.7 cm³/mol. The average molecular weight is 403 g/mol. The first-order chi connectivity index (χ1) is 12.2. The molecule has 1 aromatic rings. The van der Waals surface area contributed by atoms with E-state index in [-0.39, 0.29) is 9.79 Å². The number of morpholine rings is 1. The van der Waals surface area contributed by atoms with Gasteiger partial charge in [-0.25, -0.2) is 16.8 Å². The molecule has 3 rings (SSSR count). The average Bonchev–Trinajstić information content (AvgIpc) is 2.62. The van der Waals surface area contributed by atoms with E-state index in [1.54, 1.807) is 0 Å². The van der Waals surface area contributed by atoms with Crippen LogP contribution in [0.25, 0.3) is 0 Å². The molecule has 2 saturated heterocycles. The van der Waals surface area contributed by atoms with Crippen LogP contribution in [0.2, 0.25) is 0 Å². The van der Waals surface area contributed by atoms with E-state index in [9.17, 15) is 16.8 Å². The Balaban J connectivity index is 1.82. The molecule has 1 aromatic carbocycles. The minimum absolute atomic E-state index is 0.110. The molecule has 0 N–H and O–H groups in total. The topological polar surface area (TPSA) is 84.0 Å². The standard InChI is InChI=1S/C17H26N2O5S2/c1-14-11-15(2)13-19(12-14)26(22,23)17-5-3-16(4-6-17)25(20,21)18-7-9-24-10-8-18/h3-6,14-15H,7-13H2,1-2H3/t14-,15-/m0/s1. The zero-order valence-electron chi connectivity index (χ0n) is 15.2. The van der Waals surface area contributed by atoms with E-state index in [2.05, 4.69) is 13.8 Å². The Bertz CT molecular complexity index is 820. The third-order valence-electron chi connectivity index (χ3n) is 4.90. The second-order valence-electron chi connectivity index (χ2n) is 7.26. The lowest BCUT2D eigenvalue weighted by atomic mass is 9.94. The van der Waals surface area contributed by atoms with Gasteiger partial charge in [0.1, 0.15) is 0 Å². The van der Waals surface area contributed by atoms with E-state index < -0.39 is 20.0 Å². The first kappa shape index (κ1) is 19.8. The van der Waals surface area contributed by atoms with Crippen LogP contribution in [0, 0.1) is 11.8 Å². The second-order valence-corrected chi connectivity index (χ2v) is 11.1. The highest BCUT2D eigenvalue weighted by atomic mass is 32.2. The summed E-state index contributed by atoms with van der Waals surface area (Å²) in [7, 11) is -7.23. The fourth-order valence-electron chi connectivity index (χ4n) is 3.67. The molecule has 0 radical (unpaired) electrons. The lowest BCUT2D eigenvalue weighted by molar-refractivity contribution is 0.0730. The first-order valence-electron chi connectivity index (χ1n) is 8.89. The van der Waals surface area contributed by atoms with Crippen LogP contribution >= 0.6 is 0 Å². The summed E-state index contributed by atoms with van der Waals surface area (Å²) in [5.74, 6) is 0.629. The van der Waals surface area contributed by atoms with Crippen LogP contribution in [0.5, 0.6) is 0 Å². The van der Waals surface area contributed by atoms with Gasteiger partial charge in [0.05, 0.1) is 23.0 Å². The molecule has 0 amide bonds. The molecule has 0 aliphatic carbocycles. The van der Waals surface area contributed by atoms with E-state index in [4.69, 9.17) is 4.74 Å². The zero-order valence-corrected chi connectivity index (χ0v) is 16.8. The maximum Gasteiger partial charge on any atom is 0.243 e. The molecule has 0 aromatic heterocycles. The molecule has 7 nitrogen and oxygen atoms in total. The maximum atomic E-state index is 12.9. The third-order valence-corrected chi connectivity index (χ3v) is 8.66. The van der Waals surface area contributed by atoms with Gasteiger partial charge in [-0.05, 0) is 42.5 Å². The van der Waals surface area contributed by atoms with E-state index in [0.29, 0.717) is 51.2 Å². The van der Waals surface area contributed by atoms with Crippen molar-refractivity contribution in [2.45, 2.75) is 30.1 Å². The third kappa shape index (κ3) is 3.96. The van der Waals surface area contributed by atoms with Gasteiger partial charge in [-0.1, -0.05) is 13.8 Å². The molecule has 146 valence electrons. The van der Waals surface area contributed by atoms with Crippen molar-refractivity contribution in [1.82, 2.24) is 8.61 Å². The summed E-state index contributed by atoms with van der Waals surface area (Å²) >= 11 is 0. The molecule has 26 heavy (non-hydrogen) atoms. The molecule has 9 heteroatoms. The van der Waals surface area contributed by atoms with Crippen LogP contribution in [0.15, 0.2) is 34.1 Å². The van der Waals surface area contributed by atoms with Gasteiger partial charge in [-0.3, -0.25) is 0 Å². The Hall–Kier alpha value is -1.00. The fourth-order valence-corrected chi connectivity index (χ4v) is 6.76. The minimum Gasteiger partial charge on any atom is -0.379 e. The van der Waals surface area contributed by atoms with Gasteiger partial charge in [0.15, 0.2) is 0 Å². The van der Waals surface area contributed by atoms with Crippen LogP contribution in [0.1, 0.15) is 20.3 Å². The summed E-state index contributed by atoms with van der Waals surface area (Å²) in [6.45, 7) is 6.47. The monoisotopic (exact) mass is 402 g/mol. The number of benzene rings is 1. The van der Waals surface area contributed by atoms with Gasteiger partial charge in [-0.2, -0.15) is 8.61 Å². The van der Waals surface area contributed by atoms with Crippen LogP contribution in [0.3, 0.4) is 0 Å². The van der Waals surface area contributed by atoms with Crippen molar-refractivity contribution in [3.8, 4) is 0 Å². The molecular formula is C17H26N2O5S2. The summed E-state index contributed by atoms with van der Waals surface area (Å²) in [6.07, 6.45) is 1.02. The normalized spacial score (nSPS) is 26.7. The van der Waals surface area contributed by atoms with Crippen molar-refractivity contribution in [2.75, 3.05) is 39.4 Å². The molecule has 0 spiro atoms. The van der Waals surface area contributed by atoms with Crippen LogP contribution < -0.4 is 0 Å². The lowest BCUT2D eigenvalue weighted by Gasteiger charge is -2.34. The Kier molecular flexibility index (Phi) is 5.74. The summed E-state index contributed by atoms with van der Waals surface area (Å²) in [4.78, 5) is 0.249. The number of ether oxygens (including phenoxy) is 1. The minimum atomic E-state index is -3.62. The van der Waals surface area contributed by atoms with Gasteiger partial charge in [0, 0.05) is 26.2 Å². The number of piperidine rings is 1. The highest BCUT2D eigenvalue weighted by Crippen LogP contribution is 2.27. The largest absolute Gasteiger partial charge is 0.379 e. The lowest BCUT2D eigenvalue weighted by Crippen LogP contribution is -2.42. The van der Waals surface area contributed by atoms with Crippen LogP contribution in [-0.2, 0) is 24.8 Å². The van der Waals surface area contributed by atoms with Gasteiger partial charge in [0.2, 0.25) is 20.0 Å². The maximum absolute atomic E-state index is 12.9. The van der Waals surface area contributed by atoms with Gasteiger partial charge in [0.25, 0.3) is 0 Å². The van der Waals surface area contributed by atoms with Crippen molar-refractivity contribution >= 4 is 20.0 Å². The second kappa shape index (κ2) is 7.55. The van der Waals surface area contributed by atoms with Gasteiger partial charge < -0.3 is 4.74 Å². The van der Waals surface area contributed by atoms with E-state index in [1.807, 2.05) is 0 Å². The number of hydrogen-bond donors (Lipinski definition) is 0. The smallest absolute Gasteiger partial charge is 0.243 e. The van der Waals surface area contributed by atoms with E-state index in [1.165, 1.54) is 32.9 Å². The van der Waals surface area contributed by atoms with Gasteiger partial charge >= 0.3 is 0 Å². The molecule has 0 bridgehead atoms. The molecule has 2 heterocycles. The summed E-state index contributed by atoms with van der Waals surface area (Å²) in [6, 6.07) is 5.56. The predicted octanol–water partition coefficient (Wildman–Crippen LogP) is 1.37. The quantitative estimate of drug-likeness (QED) is 0.760. The van der Waals surface area contributed by atoms with E-state index >= 15 is 0 Å². The first-order valence-corrected chi connectivity index (χ1v) is 11.8. The summed E-state index contributed by atoms with van der Waals surface area (Å²) in [5, 5.41) is 0. The fraction of sp³-hybridized carbons (Fsp3) is 0.647. The molecule has 2 aliphatic heterocycles. The zero-order chi connectivity index (χ0) is 18.9. The van der Waals surface area contributed by atoms with Crippen LogP contribution in [0.4, 0.5) is 0 Å². The van der Waals surface area contributed by atoms with Crippen molar-refractivity contribution < 1.29 is 21.6 Å². The van der Waals surface area contributed by atoms with Crippen LogP contribution in [-0.4, -0.2) is 64.8 Å².